The Morgan fingerprint density at radius 3 is 2.67 bits per heavy atom. The van der Waals surface area contributed by atoms with E-state index in [0.717, 1.165) is 77.3 Å². The minimum atomic E-state index is -1.32. The van der Waals surface area contributed by atoms with Crippen LogP contribution in [0.2, 0.25) is 25.7 Å². The second-order valence-corrected chi connectivity index (χ2v) is 23.7. The van der Waals surface area contributed by atoms with Crippen molar-refractivity contribution in [1.82, 2.24) is 38.8 Å². The van der Waals surface area contributed by atoms with E-state index in [4.69, 9.17) is 19.6 Å². The van der Waals surface area contributed by atoms with Gasteiger partial charge in [-0.2, -0.15) is 5.10 Å². The summed E-state index contributed by atoms with van der Waals surface area (Å²) >= 11 is 0. The molecule has 1 unspecified atom stereocenters. The van der Waals surface area contributed by atoms with Crippen LogP contribution in [0.4, 0.5) is 5.82 Å². The minimum Gasteiger partial charge on any atom is -0.380 e. The summed E-state index contributed by atoms with van der Waals surface area (Å²) in [6.45, 7) is 12.0. The van der Waals surface area contributed by atoms with Crippen LogP contribution >= 0.6 is 0 Å². The Kier molecular flexibility index (Phi) is 13.2. The normalized spacial score (nSPS) is 18.1. The molecule has 4 amide bonds. The lowest BCUT2D eigenvalue weighted by Crippen LogP contribution is -2.55. The van der Waals surface area contributed by atoms with Crippen molar-refractivity contribution in [3.8, 4) is 11.8 Å². The highest BCUT2D eigenvalue weighted by atomic mass is 28.3. The van der Waals surface area contributed by atoms with E-state index in [1.165, 1.54) is 4.90 Å². The second-order valence-electron chi connectivity index (χ2n) is 18.0. The smallest absolute Gasteiger partial charge is 0.256 e. The molecule has 15 nitrogen and oxygen atoms in total. The third kappa shape index (κ3) is 9.92. The van der Waals surface area contributed by atoms with Crippen molar-refractivity contribution in [1.29, 1.82) is 0 Å². The first-order valence-electron chi connectivity index (χ1n) is 22.1. The van der Waals surface area contributed by atoms with Crippen LogP contribution in [-0.4, -0.2) is 117 Å². The number of amides is 4. The number of ether oxygens (including phenoxy) is 2. The second kappa shape index (κ2) is 18.9. The van der Waals surface area contributed by atoms with Crippen LogP contribution in [0.15, 0.2) is 55.0 Å². The van der Waals surface area contributed by atoms with Crippen LogP contribution in [0.5, 0.6) is 0 Å². The summed E-state index contributed by atoms with van der Waals surface area (Å²) in [6, 6.07) is 11.6. The van der Waals surface area contributed by atoms with E-state index in [-0.39, 0.29) is 43.3 Å². The van der Waals surface area contributed by atoms with Gasteiger partial charge in [0.2, 0.25) is 5.91 Å². The molecule has 2 fully saturated rings. The molecule has 5 aromatic rings. The quantitative estimate of drug-likeness (QED) is 0.0508. The molecule has 8 rings (SSSR count). The summed E-state index contributed by atoms with van der Waals surface area (Å²) in [7, 11) is 0.804. The molecule has 2 aromatic carbocycles. The lowest BCUT2D eigenvalue weighted by Gasteiger charge is -2.35. The molecule has 63 heavy (non-hydrogen) atoms. The summed E-state index contributed by atoms with van der Waals surface area (Å²) in [6.07, 6.45) is 10.6. The first-order chi connectivity index (χ1) is 30.3. The number of fused-ring (bicyclic) bond motifs is 3. The molecule has 0 saturated carbocycles. The van der Waals surface area contributed by atoms with Crippen LogP contribution in [0, 0.1) is 18.8 Å². The number of anilines is 1. The average molecular weight is 872 g/mol. The van der Waals surface area contributed by atoms with Gasteiger partial charge in [0.1, 0.15) is 18.6 Å². The Balaban J connectivity index is 0.791. The number of imide groups is 1. The number of likely N-dealkylation sites (tertiary alicyclic amines) is 2. The Morgan fingerprint density at radius 2 is 1.86 bits per heavy atom. The fourth-order valence-corrected chi connectivity index (χ4v) is 9.36. The minimum absolute atomic E-state index is 0.0797. The number of piperidine rings is 1. The lowest BCUT2D eigenvalue weighted by molar-refractivity contribution is -0.158. The van der Waals surface area contributed by atoms with Crippen molar-refractivity contribution in [2.45, 2.75) is 103 Å². The van der Waals surface area contributed by atoms with E-state index >= 15 is 0 Å². The van der Waals surface area contributed by atoms with Gasteiger partial charge in [0.15, 0.2) is 5.65 Å². The molecule has 2 saturated heterocycles. The first-order valence-corrected chi connectivity index (χ1v) is 25.8. The molecule has 0 spiro atoms. The molecule has 16 heteroatoms. The monoisotopic (exact) mass is 871 g/mol. The summed E-state index contributed by atoms with van der Waals surface area (Å²) in [5.41, 5.74) is 6.17. The van der Waals surface area contributed by atoms with Gasteiger partial charge in [-0.15, -0.1) is 0 Å². The van der Waals surface area contributed by atoms with E-state index in [1.54, 1.807) is 23.4 Å². The van der Waals surface area contributed by atoms with Crippen molar-refractivity contribution in [3.63, 3.8) is 0 Å². The van der Waals surface area contributed by atoms with E-state index in [0.29, 0.717) is 62.2 Å². The number of hydrogen-bond donors (Lipinski definition) is 1. The zero-order chi connectivity index (χ0) is 44.3. The van der Waals surface area contributed by atoms with Gasteiger partial charge in [0.25, 0.3) is 17.7 Å². The SMILES string of the molecule is Cc1nn(CCOCCCCC#Cc2cccc3c2CN(C2CCC(=O)N(COCC[Si](C)(C)C)C2=O)C3=O)c2cc(C(=O)Nc3cn4cc([C@H]5CCCN5C)nc4cn3)ccc12. The Morgan fingerprint density at radius 1 is 1.00 bits per heavy atom. The van der Waals surface area contributed by atoms with Gasteiger partial charge in [-0.3, -0.25) is 33.7 Å². The fraction of sp³-hybridized carbons (Fsp3) is 0.468. The molecule has 2 atom stereocenters. The van der Waals surface area contributed by atoms with E-state index in [2.05, 4.69) is 53.7 Å². The van der Waals surface area contributed by atoms with Gasteiger partial charge in [-0.05, 0) is 88.5 Å². The van der Waals surface area contributed by atoms with Crippen LogP contribution in [0.25, 0.3) is 16.6 Å². The van der Waals surface area contributed by atoms with Crippen molar-refractivity contribution >= 4 is 54.1 Å². The summed E-state index contributed by atoms with van der Waals surface area (Å²) < 4.78 is 15.5. The highest BCUT2D eigenvalue weighted by molar-refractivity contribution is 6.76. The number of nitrogens with one attached hydrogen (secondary N) is 1. The largest absolute Gasteiger partial charge is 0.380 e. The number of carbonyl (C=O) groups is 4. The molecule has 3 aromatic heterocycles. The summed E-state index contributed by atoms with van der Waals surface area (Å²) in [5.74, 6) is 5.88. The van der Waals surface area contributed by atoms with E-state index < -0.39 is 14.1 Å². The topological polar surface area (TPSA) is 156 Å². The molecular weight excluding hydrogens is 815 g/mol. The highest BCUT2D eigenvalue weighted by Gasteiger charge is 2.43. The van der Waals surface area contributed by atoms with Crippen LogP contribution in [-0.2, 0) is 32.2 Å². The van der Waals surface area contributed by atoms with Crippen LogP contribution in [0.3, 0.4) is 0 Å². The van der Waals surface area contributed by atoms with Gasteiger partial charge in [-0.25, -0.2) is 9.97 Å². The number of unbranched alkanes of at least 4 members (excludes halogenated alkanes) is 2. The van der Waals surface area contributed by atoms with Crippen molar-refractivity contribution in [3.05, 3.63) is 88.6 Å². The summed E-state index contributed by atoms with van der Waals surface area (Å²) in [5, 5.41) is 8.65. The van der Waals surface area contributed by atoms with Gasteiger partial charge in [0.05, 0.1) is 48.5 Å². The fourth-order valence-electron chi connectivity index (χ4n) is 8.60. The highest BCUT2D eigenvalue weighted by Crippen LogP contribution is 2.32. The Hall–Kier alpha value is -5.73. The van der Waals surface area contributed by atoms with Gasteiger partial charge in [0, 0.05) is 68.9 Å². The number of aryl methyl sites for hydroxylation is 1. The predicted octanol–water partition coefficient (Wildman–Crippen LogP) is 6.43. The predicted molar refractivity (Wildman–Crippen MR) is 242 cm³/mol. The standard InChI is InChI=1S/C47H57N9O6Si/c1-32-35-17-16-34(45(58)50-42-30-53-29-38(49-43(53)27-48-42)39-15-11-20-52(39)2)26-41(35)56(51-32)21-23-61-22-9-7-6-8-12-33-13-10-14-36-37(33)28-54(46(36)59)40-18-19-44(57)55(47(40)60)31-62-24-25-63(3,4)5/h10,13-14,16-17,26-27,29-30,39-40H,6-7,9,11,15,18-25,28,31H2,1-5H3,(H,50,58)/t39-,40?/m1/s1. The Labute approximate surface area is 369 Å². The number of hydrogen-bond acceptors (Lipinski definition) is 10. The number of carbonyl (C=O) groups excluding carboxylic acids is 4. The zero-order valence-corrected chi connectivity index (χ0v) is 38.0. The molecule has 1 N–H and O–H groups in total. The molecule has 3 aliphatic rings. The maximum atomic E-state index is 13.5. The lowest BCUT2D eigenvalue weighted by atomic mass is 10.0. The maximum Gasteiger partial charge on any atom is 0.256 e. The number of imidazole rings is 1. The zero-order valence-electron chi connectivity index (χ0n) is 37.0. The number of aromatic nitrogens is 5. The van der Waals surface area contributed by atoms with E-state index in [1.807, 2.05) is 52.5 Å². The maximum absolute atomic E-state index is 13.5. The van der Waals surface area contributed by atoms with Crippen molar-refractivity contribution < 1.29 is 28.7 Å². The first kappa shape index (κ1) is 43.9. The number of nitrogens with zero attached hydrogens (tertiary/aromatic N) is 8. The van der Waals surface area contributed by atoms with Gasteiger partial charge < -0.3 is 24.1 Å². The molecular formula is C47H57N9O6Si. The van der Waals surface area contributed by atoms with Gasteiger partial charge >= 0.3 is 0 Å². The van der Waals surface area contributed by atoms with Crippen LogP contribution < -0.4 is 5.32 Å². The molecule has 330 valence electrons. The average Bonchev–Trinajstić information content (AvgIpc) is 4.03. The molecule has 6 heterocycles. The van der Waals surface area contributed by atoms with Gasteiger partial charge in [-0.1, -0.05) is 43.6 Å². The number of benzene rings is 2. The molecule has 0 radical (unpaired) electrons. The Bertz CT molecular complexity index is 2600. The third-order valence-electron chi connectivity index (χ3n) is 12.2. The van der Waals surface area contributed by atoms with Crippen LogP contribution in [0.1, 0.15) is 94.2 Å². The molecule has 3 aliphatic heterocycles. The van der Waals surface area contributed by atoms with Crippen molar-refractivity contribution in [2.24, 2.45) is 0 Å². The third-order valence-corrected chi connectivity index (χ3v) is 13.9. The molecule has 0 aliphatic carbocycles. The molecule has 0 bridgehead atoms. The summed E-state index contributed by atoms with van der Waals surface area (Å²) in [4.78, 5) is 67.4. The van der Waals surface area contributed by atoms with Crippen molar-refractivity contribution in [2.75, 3.05) is 45.5 Å². The number of rotatable bonds is 16. The van der Waals surface area contributed by atoms with E-state index in [9.17, 15) is 19.2 Å².